The monoisotopic (exact) mass is 656 g/mol. The van der Waals surface area contributed by atoms with Gasteiger partial charge in [-0.3, -0.25) is 14.6 Å². The summed E-state index contributed by atoms with van der Waals surface area (Å²) in [5.41, 5.74) is 8.25. The smallest absolute Gasteiger partial charge is 0.410 e. The molecule has 1 atom stereocenters. The van der Waals surface area contributed by atoms with Gasteiger partial charge in [0.1, 0.15) is 17.1 Å². The van der Waals surface area contributed by atoms with Crippen LogP contribution in [0, 0.1) is 13.8 Å². The first-order chi connectivity index (χ1) is 22.7. The largest absolute Gasteiger partial charge is 0.496 e. The number of aromatic nitrogens is 1. The van der Waals surface area contributed by atoms with Gasteiger partial charge in [0.15, 0.2) is 0 Å². The van der Waals surface area contributed by atoms with Crippen molar-refractivity contribution < 1.29 is 19.0 Å². The molecule has 0 bridgehead atoms. The van der Waals surface area contributed by atoms with Gasteiger partial charge in [-0.2, -0.15) is 0 Å². The van der Waals surface area contributed by atoms with Crippen molar-refractivity contribution in [3.8, 4) is 22.6 Å². The van der Waals surface area contributed by atoms with E-state index in [0.29, 0.717) is 6.54 Å². The Balaban J connectivity index is 1.17. The molecule has 1 aromatic heterocycles. The molecule has 9 heteroatoms. The van der Waals surface area contributed by atoms with Gasteiger partial charge in [0.05, 0.1) is 25.8 Å². The molecule has 6 rings (SSSR count). The van der Waals surface area contributed by atoms with Gasteiger partial charge in [0.2, 0.25) is 0 Å². The molecule has 9 nitrogen and oxygen atoms in total. The van der Waals surface area contributed by atoms with Crippen molar-refractivity contribution in [3.05, 3.63) is 80.3 Å². The summed E-state index contributed by atoms with van der Waals surface area (Å²) in [6.07, 6.45) is 4.86. The lowest BCUT2D eigenvalue weighted by Crippen LogP contribution is -2.54. The van der Waals surface area contributed by atoms with Crippen molar-refractivity contribution in [2.45, 2.75) is 91.1 Å². The van der Waals surface area contributed by atoms with Crippen molar-refractivity contribution in [1.82, 2.24) is 19.3 Å². The van der Waals surface area contributed by atoms with Gasteiger partial charge in [-0.05, 0) is 101 Å². The van der Waals surface area contributed by atoms with Crippen LogP contribution in [0.25, 0.3) is 11.1 Å². The number of hydrogen-bond donors (Lipinski definition) is 0. The number of aryl methyl sites for hydroxylation is 1. The number of rotatable bonds is 7. The van der Waals surface area contributed by atoms with E-state index in [1.165, 1.54) is 29.5 Å². The van der Waals surface area contributed by atoms with Gasteiger partial charge in [0, 0.05) is 69.2 Å². The molecule has 1 saturated carbocycles. The first kappa shape index (κ1) is 34.1. The van der Waals surface area contributed by atoms with Gasteiger partial charge in [-0.15, -0.1) is 0 Å². The summed E-state index contributed by atoms with van der Waals surface area (Å²) in [7, 11) is 5.23. The zero-order valence-corrected chi connectivity index (χ0v) is 30.2. The summed E-state index contributed by atoms with van der Waals surface area (Å²) < 4.78 is 19.3. The molecule has 1 amide bonds. The minimum Gasteiger partial charge on any atom is -0.496 e. The highest BCUT2D eigenvalue weighted by atomic mass is 16.6. The molecule has 0 unspecified atom stereocenters. The number of methoxy groups -OCH3 is 2. The Labute approximate surface area is 285 Å². The zero-order valence-electron chi connectivity index (χ0n) is 30.2. The lowest BCUT2D eigenvalue weighted by Gasteiger charge is -2.43. The van der Waals surface area contributed by atoms with E-state index in [1.54, 1.807) is 25.8 Å². The second-order valence-corrected chi connectivity index (χ2v) is 15.1. The second kappa shape index (κ2) is 12.9. The number of pyridine rings is 1. The van der Waals surface area contributed by atoms with Crippen molar-refractivity contribution >= 4 is 6.09 Å². The quantitative estimate of drug-likeness (QED) is 0.292. The van der Waals surface area contributed by atoms with Crippen LogP contribution in [0.5, 0.6) is 11.5 Å². The van der Waals surface area contributed by atoms with Crippen molar-refractivity contribution in [3.63, 3.8) is 0 Å². The Morgan fingerprint density at radius 2 is 1.65 bits per heavy atom. The summed E-state index contributed by atoms with van der Waals surface area (Å²) in [4.78, 5) is 32.6. The topological polar surface area (TPSA) is 76.5 Å². The second-order valence-electron chi connectivity index (χ2n) is 15.1. The van der Waals surface area contributed by atoms with Crippen molar-refractivity contribution in [2.24, 2.45) is 7.05 Å². The van der Waals surface area contributed by atoms with E-state index in [1.807, 2.05) is 45.7 Å². The van der Waals surface area contributed by atoms with Crippen LogP contribution in [-0.2, 0) is 31.3 Å². The summed E-state index contributed by atoms with van der Waals surface area (Å²) in [6.45, 7) is 17.0. The molecule has 2 aromatic carbocycles. The Hall–Kier alpha value is -3.82. The molecule has 0 N–H and O–H groups in total. The molecule has 3 aliphatic rings. The fraction of sp³-hybridized carbons (Fsp3) is 0.538. The first-order valence-corrected chi connectivity index (χ1v) is 17.2. The van der Waals surface area contributed by atoms with Gasteiger partial charge >= 0.3 is 6.09 Å². The molecule has 1 saturated heterocycles. The molecule has 3 heterocycles. The predicted molar refractivity (Wildman–Crippen MR) is 189 cm³/mol. The van der Waals surface area contributed by atoms with Crippen LogP contribution in [0.15, 0.2) is 41.3 Å². The van der Waals surface area contributed by atoms with Crippen LogP contribution in [-0.4, -0.2) is 76.9 Å². The minimum absolute atomic E-state index is 0.0201. The number of nitrogens with zero attached hydrogens (tertiary/aromatic N) is 4. The standard InChI is InChI=1S/C39H52N4O5/c1-25-26(2)36(44)40(7)22-32(25)30-19-34(46-8)33(35(20-30)47-9)23-42-17-16-41(24-39(42)13-14-39)21-28-10-11-29-12-15-43(27(3)31(29)18-28)37(45)48-38(4,5)6/h10-11,18-20,22,27H,12-17,21,23-24H2,1-9H3/t27-/m1/s1. The van der Waals surface area contributed by atoms with E-state index in [9.17, 15) is 9.59 Å². The van der Waals surface area contributed by atoms with Crippen LogP contribution in [0.1, 0.15) is 80.0 Å². The third-order valence-corrected chi connectivity index (χ3v) is 10.7. The summed E-state index contributed by atoms with van der Waals surface area (Å²) in [5, 5.41) is 0. The van der Waals surface area contributed by atoms with Crippen LogP contribution >= 0.6 is 0 Å². The van der Waals surface area contributed by atoms with Crippen molar-refractivity contribution in [2.75, 3.05) is 40.4 Å². The van der Waals surface area contributed by atoms with Crippen LogP contribution < -0.4 is 15.0 Å². The summed E-state index contributed by atoms with van der Waals surface area (Å²) >= 11 is 0. The molecule has 258 valence electrons. The predicted octanol–water partition coefficient (Wildman–Crippen LogP) is 6.39. The normalized spacial score (nSPS) is 19.3. The van der Waals surface area contributed by atoms with E-state index in [4.69, 9.17) is 14.2 Å². The van der Waals surface area contributed by atoms with Gasteiger partial charge in [-0.1, -0.05) is 18.2 Å². The molecular weight excluding hydrogens is 604 g/mol. The number of carbonyl (C=O) groups is 1. The molecule has 1 spiro atoms. The van der Waals surface area contributed by atoms with Crippen LogP contribution in [0.3, 0.4) is 0 Å². The lowest BCUT2D eigenvalue weighted by atomic mass is 9.92. The number of piperazine rings is 1. The fourth-order valence-electron chi connectivity index (χ4n) is 7.64. The number of hydrogen-bond acceptors (Lipinski definition) is 7. The number of ether oxygens (including phenoxy) is 3. The van der Waals surface area contributed by atoms with Gasteiger partial charge in [-0.25, -0.2) is 4.79 Å². The minimum atomic E-state index is -0.512. The molecule has 2 aliphatic heterocycles. The maximum Gasteiger partial charge on any atom is 0.410 e. The number of amides is 1. The maximum atomic E-state index is 13.0. The first-order valence-electron chi connectivity index (χ1n) is 17.2. The summed E-state index contributed by atoms with van der Waals surface area (Å²) in [6, 6.07) is 11.0. The highest BCUT2D eigenvalue weighted by Gasteiger charge is 2.51. The van der Waals surface area contributed by atoms with E-state index in [0.717, 1.165) is 78.5 Å². The fourth-order valence-corrected chi connectivity index (χ4v) is 7.64. The molecule has 48 heavy (non-hydrogen) atoms. The number of fused-ring (bicyclic) bond motifs is 1. The highest BCUT2D eigenvalue weighted by Crippen LogP contribution is 2.47. The number of benzene rings is 2. The van der Waals surface area contributed by atoms with Crippen molar-refractivity contribution in [1.29, 1.82) is 0 Å². The third kappa shape index (κ3) is 6.59. The van der Waals surface area contributed by atoms with Gasteiger partial charge < -0.3 is 23.7 Å². The third-order valence-electron chi connectivity index (χ3n) is 10.7. The summed E-state index contributed by atoms with van der Waals surface area (Å²) in [5.74, 6) is 1.61. The Morgan fingerprint density at radius 3 is 2.27 bits per heavy atom. The average Bonchev–Trinajstić information content (AvgIpc) is 3.81. The number of carbonyl (C=O) groups excluding carboxylic acids is 1. The highest BCUT2D eigenvalue weighted by molar-refractivity contribution is 5.72. The van der Waals surface area contributed by atoms with E-state index in [-0.39, 0.29) is 23.2 Å². The SMILES string of the molecule is COc1cc(-c2cn(C)c(=O)c(C)c2C)cc(OC)c1CN1CCN(Cc2ccc3c(c2)[C@@H](C)N(C(=O)OC(C)(C)C)CC3)CC12CC2. The van der Waals surface area contributed by atoms with E-state index in [2.05, 4.69) is 47.1 Å². The Morgan fingerprint density at radius 1 is 0.958 bits per heavy atom. The van der Waals surface area contributed by atoms with E-state index < -0.39 is 5.60 Å². The Bertz CT molecular complexity index is 1740. The molecular formula is C39H52N4O5. The van der Waals surface area contributed by atoms with E-state index >= 15 is 0 Å². The maximum absolute atomic E-state index is 13.0. The molecule has 2 fully saturated rings. The molecule has 3 aromatic rings. The van der Waals surface area contributed by atoms with Crippen LogP contribution in [0.2, 0.25) is 0 Å². The Kier molecular flexibility index (Phi) is 9.15. The molecule has 0 radical (unpaired) electrons. The average molecular weight is 657 g/mol. The van der Waals surface area contributed by atoms with Gasteiger partial charge in [0.25, 0.3) is 5.56 Å². The lowest BCUT2D eigenvalue weighted by molar-refractivity contribution is 0.0159. The zero-order chi connectivity index (χ0) is 34.5. The molecule has 1 aliphatic carbocycles. The van der Waals surface area contributed by atoms with Crippen LogP contribution in [0.4, 0.5) is 4.79 Å².